The van der Waals surface area contributed by atoms with Gasteiger partial charge in [-0.2, -0.15) is 19.3 Å². The van der Waals surface area contributed by atoms with E-state index < -0.39 is 16.0 Å². The van der Waals surface area contributed by atoms with Gasteiger partial charge >= 0.3 is 5.97 Å². The number of nitrogen functional groups attached to an aromatic ring is 1. The van der Waals surface area contributed by atoms with E-state index in [1.54, 1.807) is 31.1 Å². The molecular formula is C22H32N6O4S. The normalized spacial score (nSPS) is 15.9. The standard InChI is InChI=1S/C22H32N6O4S/c1-22(2,3)16-6-8-17(9-7-16)33(30,31)28-12-10-15(11-13-28)19(29)32-14-18-24-20(23)26-21(25-18)27(4)5/h6-9,15H,10-14H2,1-5H3,(H2,23,24,25,26). The molecule has 1 aromatic heterocycles. The lowest BCUT2D eigenvalue weighted by atomic mass is 9.87. The molecule has 2 aromatic rings. The van der Waals surface area contributed by atoms with E-state index in [0.29, 0.717) is 18.8 Å². The number of aromatic nitrogens is 3. The third kappa shape index (κ3) is 5.97. The molecule has 1 aliphatic rings. The number of esters is 1. The van der Waals surface area contributed by atoms with E-state index >= 15 is 0 Å². The van der Waals surface area contributed by atoms with E-state index in [9.17, 15) is 13.2 Å². The van der Waals surface area contributed by atoms with Crippen LogP contribution in [0.2, 0.25) is 0 Å². The van der Waals surface area contributed by atoms with Crippen molar-refractivity contribution in [1.29, 1.82) is 0 Å². The fraction of sp³-hybridized carbons (Fsp3) is 0.545. The number of carbonyl (C=O) groups is 1. The van der Waals surface area contributed by atoms with Crippen molar-refractivity contribution in [3.63, 3.8) is 0 Å². The van der Waals surface area contributed by atoms with Crippen molar-refractivity contribution in [2.24, 2.45) is 5.92 Å². The third-order valence-electron chi connectivity index (χ3n) is 5.58. The average Bonchev–Trinajstić information content (AvgIpc) is 2.76. The van der Waals surface area contributed by atoms with Gasteiger partial charge in [0.1, 0.15) is 0 Å². The lowest BCUT2D eigenvalue weighted by Crippen LogP contribution is -2.40. The minimum absolute atomic E-state index is 0.0498. The second-order valence-electron chi connectivity index (χ2n) is 9.36. The number of sulfonamides is 1. The van der Waals surface area contributed by atoms with Crippen molar-refractivity contribution in [3.8, 4) is 0 Å². The number of carbonyl (C=O) groups excluding carboxylic acids is 1. The molecular weight excluding hydrogens is 444 g/mol. The van der Waals surface area contributed by atoms with E-state index in [-0.39, 0.29) is 47.7 Å². The maximum atomic E-state index is 13.0. The molecule has 1 fully saturated rings. The summed E-state index contributed by atoms with van der Waals surface area (Å²) in [5.74, 6) is -0.0890. The van der Waals surface area contributed by atoms with Crippen LogP contribution in [0.3, 0.4) is 0 Å². The fourth-order valence-corrected chi connectivity index (χ4v) is 5.02. The number of ether oxygens (including phenoxy) is 1. The summed E-state index contributed by atoms with van der Waals surface area (Å²) in [5.41, 5.74) is 6.70. The van der Waals surface area contributed by atoms with Crippen molar-refractivity contribution < 1.29 is 17.9 Å². The number of benzene rings is 1. The third-order valence-corrected chi connectivity index (χ3v) is 7.49. The van der Waals surface area contributed by atoms with Crippen molar-refractivity contribution in [2.75, 3.05) is 37.8 Å². The highest BCUT2D eigenvalue weighted by Gasteiger charge is 2.33. The minimum Gasteiger partial charge on any atom is -0.457 e. The zero-order valence-electron chi connectivity index (χ0n) is 19.8. The topological polar surface area (TPSA) is 132 Å². The average molecular weight is 477 g/mol. The minimum atomic E-state index is -3.61. The summed E-state index contributed by atoms with van der Waals surface area (Å²) in [6, 6.07) is 7.01. The van der Waals surface area contributed by atoms with E-state index in [1.165, 1.54) is 4.31 Å². The number of nitrogens with zero attached hydrogens (tertiary/aromatic N) is 5. The first-order chi connectivity index (χ1) is 15.4. The molecule has 180 valence electrons. The van der Waals surface area contributed by atoms with E-state index in [4.69, 9.17) is 10.5 Å². The first-order valence-corrected chi connectivity index (χ1v) is 12.3. The van der Waals surface area contributed by atoms with Crippen LogP contribution in [0.5, 0.6) is 0 Å². The summed E-state index contributed by atoms with van der Waals surface area (Å²) in [6.45, 7) is 6.63. The Balaban J connectivity index is 1.57. The molecule has 33 heavy (non-hydrogen) atoms. The maximum absolute atomic E-state index is 13.0. The Bertz CT molecular complexity index is 1090. The van der Waals surface area contributed by atoms with Crippen LogP contribution in [0, 0.1) is 5.92 Å². The lowest BCUT2D eigenvalue weighted by molar-refractivity contribution is -0.151. The van der Waals surface area contributed by atoms with Gasteiger partial charge in [0.15, 0.2) is 12.4 Å². The van der Waals surface area contributed by atoms with Crippen LogP contribution < -0.4 is 10.6 Å². The smallest absolute Gasteiger partial charge is 0.309 e. The SMILES string of the molecule is CN(C)c1nc(N)nc(COC(=O)C2CCN(S(=O)(=O)c3ccc(C(C)(C)C)cc3)CC2)n1. The largest absolute Gasteiger partial charge is 0.457 e. The number of rotatable bonds is 6. The Kier molecular flexibility index (Phi) is 7.23. The molecule has 0 saturated carbocycles. The first-order valence-electron chi connectivity index (χ1n) is 10.8. The van der Waals surface area contributed by atoms with Crippen LogP contribution in [0.15, 0.2) is 29.2 Å². The van der Waals surface area contributed by atoms with E-state index in [2.05, 4.69) is 35.7 Å². The Morgan fingerprint density at radius 1 is 1.12 bits per heavy atom. The number of piperidine rings is 1. The molecule has 0 radical (unpaired) electrons. The van der Waals surface area contributed by atoms with Gasteiger partial charge < -0.3 is 15.4 Å². The van der Waals surface area contributed by atoms with Gasteiger partial charge in [0.2, 0.25) is 21.9 Å². The zero-order valence-corrected chi connectivity index (χ0v) is 20.6. The second kappa shape index (κ2) is 9.60. The van der Waals surface area contributed by atoms with Crippen LogP contribution in [0.4, 0.5) is 11.9 Å². The fourth-order valence-electron chi connectivity index (χ4n) is 3.55. The number of nitrogens with two attached hydrogens (primary N) is 1. The number of hydrogen-bond donors (Lipinski definition) is 1. The van der Waals surface area contributed by atoms with Gasteiger partial charge in [-0.05, 0) is 36.0 Å². The Hall–Kier alpha value is -2.79. The second-order valence-corrected chi connectivity index (χ2v) is 11.3. The molecule has 2 N–H and O–H groups in total. The summed E-state index contributed by atoms with van der Waals surface area (Å²) in [7, 11) is -0.0723. The summed E-state index contributed by atoms with van der Waals surface area (Å²) in [5, 5.41) is 0. The molecule has 1 aromatic carbocycles. The summed E-state index contributed by atoms with van der Waals surface area (Å²) in [6.07, 6.45) is 0.779. The Morgan fingerprint density at radius 3 is 2.27 bits per heavy atom. The van der Waals surface area contributed by atoms with Crippen LogP contribution in [-0.4, -0.2) is 60.8 Å². The molecule has 1 saturated heterocycles. The summed E-state index contributed by atoms with van der Waals surface area (Å²) in [4.78, 5) is 26.7. The highest BCUT2D eigenvalue weighted by atomic mass is 32.2. The molecule has 0 atom stereocenters. The molecule has 10 nitrogen and oxygen atoms in total. The lowest BCUT2D eigenvalue weighted by Gasteiger charge is -2.30. The molecule has 0 bridgehead atoms. The molecule has 0 amide bonds. The van der Waals surface area contributed by atoms with Gasteiger partial charge in [-0.15, -0.1) is 0 Å². The van der Waals surface area contributed by atoms with Crippen molar-refractivity contribution in [2.45, 2.75) is 50.5 Å². The van der Waals surface area contributed by atoms with Gasteiger partial charge in [0.25, 0.3) is 0 Å². The molecule has 0 aliphatic carbocycles. The van der Waals surface area contributed by atoms with Gasteiger partial charge in [-0.25, -0.2) is 8.42 Å². The quantitative estimate of drug-likeness (QED) is 0.621. The number of anilines is 2. The predicted octanol–water partition coefficient (Wildman–Crippen LogP) is 1.96. The van der Waals surface area contributed by atoms with Gasteiger partial charge in [-0.3, -0.25) is 4.79 Å². The Morgan fingerprint density at radius 2 is 1.73 bits per heavy atom. The van der Waals surface area contributed by atoms with E-state index in [0.717, 1.165) is 5.56 Å². The zero-order chi connectivity index (χ0) is 24.4. The molecule has 1 aliphatic heterocycles. The van der Waals surface area contributed by atoms with Gasteiger partial charge in [0.05, 0.1) is 10.8 Å². The van der Waals surface area contributed by atoms with E-state index in [1.807, 2.05) is 12.1 Å². The van der Waals surface area contributed by atoms with Gasteiger partial charge in [0, 0.05) is 27.2 Å². The predicted molar refractivity (Wildman–Crippen MR) is 125 cm³/mol. The highest BCUT2D eigenvalue weighted by Crippen LogP contribution is 2.27. The molecule has 0 unspecified atom stereocenters. The maximum Gasteiger partial charge on any atom is 0.309 e. The molecule has 11 heteroatoms. The highest BCUT2D eigenvalue weighted by molar-refractivity contribution is 7.89. The van der Waals surface area contributed by atoms with Crippen molar-refractivity contribution >= 4 is 27.9 Å². The summed E-state index contributed by atoms with van der Waals surface area (Å²) < 4.78 is 32.9. The van der Waals surface area contributed by atoms with Crippen molar-refractivity contribution in [1.82, 2.24) is 19.3 Å². The molecule has 3 rings (SSSR count). The Labute approximate surface area is 195 Å². The molecule has 2 heterocycles. The van der Waals surface area contributed by atoms with Gasteiger partial charge in [-0.1, -0.05) is 32.9 Å². The van der Waals surface area contributed by atoms with Crippen molar-refractivity contribution in [3.05, 3.63) is 35.7 Å². The number of hydrogen-bond acceptors (Lipinski definition) is 9. The van der Waals surface area contributed by atoms with Crippen LogP contribution >= 0.6 is 0 Å². The van der Waals surface area contributed by atoms with Crippen LogP contribution in [0.1, 0.15) is 45.0 Å². The van der Waals surface area contributed by atoms with Crippen LogP contribution in [-0.2, 0) is 31.6 Å². The van der Waals surface area contributed by atoms with Crippen LogP contribution in [0.25, 0.3) is 0 Å². The molecule has 0 spiro atoms. The monoisotopic (exact) mass is 476 g/mol. The first kappa shape index (κ1) is 24.8. The summed E-state index contributed by atoms with van der Waals surface area (Å²) >= 11 is 0.